The van der Waals surface area contributed by atoms with E-state index in [2.05, 4.69) is 15.9 Å². The summed E-state index contributed by atoms with van der Waals surface area (Å²) in [5.74, 6) is 0.191. The van der Waals surface area contributed by atoms with Crippen LogP contribution in [0.3, 0.4) is 0 Å². The molecule has 2 aromatic rings. The van der Waals surface area contributed by atoms with E-state index in [1.165, 1.54) is 24.3 Å². The van der Waals surface area contributed by atoms with Crippen LogP contribution in [0.4, 0.5) is 10.5 Å². The highest BCUT2D eigenvalue weighted by atomic mass is 79.9. The van der Waals surface area contributed by atoms with E-state index in [1.807, 2.05) is 24.3 Å². The molecule has 2 rings (SSSR count). The van der Waals surface area contributed by atoms with Crippen LogP contribution in [0.5, 0.6) is 5.75 Å². The number of ether oxygens (including phenoxy) is 2. The molecular weight excluding hydrogens is 354 g/mol. The molecule has 0 aromatic heterocycles. The van der Waals surface area contributed by atoms with Crippen LogP contribution in [-0.4, -0.2) is 17.7 Å². The Kier molecular flexibility index (Phi) is 5.48. The lowest BCUT2D eigenvalue weighted by Gasteiger charge is -2.07. The highest BCUT2D eigenvalue weighted by Gasteiger charge is 2.09. The number of hydrogen-bond donors (Lipinski definition) is 0. The summed E-state index contributed by atoms with van der Waals surface area (Å²) in [6.07, 6.45) is -0.294. The van der Waals surface area contributed by atoms with Crippen LogP contribution in [0.1, 0.15) is 5.56 Å². The second-order valence-corrected chi connectivity index (χ2v) is 5.15. The van der Waals surface area contributed by atoms with E-state index in [0.29, 0.717) is 6.42 Å². The predicted molar refractivity (Wildman–Crippen MR) is 82.9 cm³/mol. The molecule has 0 saturated carbocycles. The molecular formula is C15H12BrNO5. The van der Waals surface area contributed by atoms with E-state index in [9.17, 15) is 14.9 Å². The second kappa shape index (κ2) is 7.56. The fraction of sp³-hybridized carbons (Fsp3) is 0.133. The van der Waals surface area contributed by atoms with E-state index in [-0.39, 0.29) is 18.0 Å². The van der Waals surface area contributed by atoms with Gasteiger partial charge in [-0.2, -0.15) is 0 Å². The monoisotopic (exact) mass is 365 g/mol. The molecule has 0 spiro atoms. The molecule has 2 aromatic carbocycles. The Hall–Kier alpha value is -2.41. The van der Waals surface area contributed by atoms with Crippen molar-refractivity contribution in [2.45, 2.75) is 6.42 Å². The lowest BCUT2D eigenvalue weighted by atomic mass is 10.2. The number of carbonyl (C=O) groups excluding carboxylic acids is 1. The van der Waals surface area contributed by atoms with Crippen LogP contribution < -0.4 is 4.74 Å². The van der Waals surface area contributed by atoms with Gasteiger partial charge in [-0.25, -0.2) is 4.79 Å². The molecule has 6 nitrogen and oxygen atoms in total. The first kappa shape index (κ1) is 16.0. The smallest absolute Gasteiger partial charge is 0.434 e. The molecule has 0 amide bonds. The standard InChI is InChI=1S/C15H12BrNO5/c16-14-4-2-1-3-11(14)9-10-21-15(18)22-13-7-5-12(6-8-13)17(19)20/h1-8H,9-10H2. The van der Waals surface area contributed by atoms with Gasteiger partial charge < -0.3 is 9.47 Å². The minimum absolute atomic E-state index is 0.0744. The first-order chi connectivity index (χ1) is 10.6. The van der Waals surface area contributed by atoms with E-state index in [1.54, 1.807) is 0 Å². The van der Waals surface area contributed by atoms with E-state index in [4.69, 9.17) is 9.47 Å². The molecule has 0 saturated heterocycles. The molecule has 0 heterocycles. The fourth-order valence-corrected chi connectivity index (χ4v) is 2.19. The zero-order chi connectivity index (χ0) is 15.9. The summed E-state index contributed by atoms with van der Waals surface area (Å²) >= 11 is 3.41. The summed E-state index contributed by atoms with van der Waals surface area (Å²) < 4.78 is 10.8. The number of benzene rings is 2. The van der Waals surface area contributed by atoms with Gasteiger partial charge in [0.2, 0.25) is 0 Å². The number of nitro benzene ring substituents is 1. The first-order valence-electron chi connectivity index (χ1n) is 6.39. The normalized spacial score (nSPS) is 10.0. The maximum atomic E-state index is 11.5. The Morgan fingerprint density at radius 1 is 1.14 bits per heavy atom. The van der Waals surface area contributed by atoms with E-state index >= 15 is 0 Å². The van der Waals surface area contributed by atoms with Gasteiger partial charge in [0, 0.05) is 23.0 Å². The molecule has 0 aliphatic carbocycles. The summed E-state index contributed by atoms with van der Waals surface area (Å²) in [6, 6.07) is 12.8. The minimum Gasteiger partial charge on any atom is -0.434 e. The lowest BCUT2D eigenvalue weighted by Crippen LogP contribution is -2.12. The minimum atomic E-state index is -0.846. The number of rotatable bonds is 5. The Morgan fingerprint density at radius 2 is 1.82 bits per heavy atom. The molecule has 0 fully saturated rings. The maximum absolute atomic E-state index is 11.5. The van der Waals surface area contributed by atoms with Crippen LogP contribution in [0.25, 0.3) is 0 Å². The molecule has 0 aliphatic heterocycles. The Balaban J connectivity index is 1.80. The Bertz CT molecular complexity index is 672. The highest BCUT2D eigenvalue weighted by Crippen LogP contribution is 2.18. The van der Waals surface area contributed by atoms with Crippen LogP contribution in [0.2, 0.25) is 0 Å². The molecule has 0 bridgehead atoms. The summed E-state index contributed by atoms with van der Waals surface area (Å²) in [5.41, 5.74) is 0.945. The van der Waals surface area contributed by atoms with Crippen molar-refractivity contribution in [3.63, 3.8) is 0 Å². The van der Waals surface area contributed by atoms with Crippen LogP contribution in [-0.2, 0) is 11.2 Å². The van der Waals surface area contributed by atoms with Crippen LogP contribution in [0, 0.1) is 10.1 Å². The number of hydrogen-bond acceptors (Lipinski definition) is 5. The summed E-state index contributed by atoms with van der Waals surface area (Å²) in [7, 11) is 0. The summed E-state index contributed by atoms with van der Waals surface area (Å²) in [6.45, 7) is 0.175. The molecule has 7 heteroatoms. The SMILES string of the molecule is O=C(OCCc1ccccc1Br)Oc1ccc([N+](=O)[O-])cc1. The molecule has 0 atom stereocenters. The predicted octanol–water partition coefficient (Wildman–Crippen LogP) is 4.12. The first-order valence-corrected chi connectivity index (χ1v) is 7.18. The molecule has 0 N–H and O–H groups in total. The zero-order valence-corrected chi connectivity index (χ0v) is 13.0. The van der Waals surface area contributed by atoms with Gasteiger partial charge in [0.15, 0.2) is 0 Å². The van der Waals surface area contributed by atoms with Crippen molar-refractivity contribution in [1.82, 2.24) is 0 Å². The Labute approximate surface area is 134 Å². The number of carbonyl (C=O) groups is 1. The van der Waals surface area contributed by atoms with Gasteiger partial charge in [-0.3, -0.25) is 10.1 Å². The largest absolute Gasteiger partial charge is 0.513 e. The number of halogens is 1. The molecule has 0 radical (unpaired) electrons. The van der Waals surface area contributed by atoms with Crippen molar-refractivity contribution in [2.24, 2.45) is 0 Å². The van der Waals surface area contributed by atoms with Gasteiger partial charge in [0.25, 0.3) is 5.69 Å². The van der Waals surface area contributed by atoms with Crippen molar-refractivity contribution in [2.75, 3.05) is 6.61 Å². The topological polar surface area (TPSA) is 78.7 Å². The van der Waals surface area contributed by atoms with Crippen molar-refractivity contribution < 1.29 is 19.2 Å². The third kappa shape index (κ3) is 4.56. The quantitative estimate of drug-likeness (QED) is 0.344. The molecule has 0 unspecified atom stereocenters. The van der Waals surface area contributed by atoms with Gasteiger partial charge >= 0.3 is 6.16 Å². The third-order valence-electron chi connectivity index (χ3n) is 2.80. The van der Waals surface area contributed by atoms with Gasteiger partial charge in [-0.15, -0.1) is 0 Å². The number of non-ortho nitro benzene ring substituents is 1. The fourth-order valence-electron chi connectivity index (χ4n) is 1.71. The summed E-state index contributed by atoms with van der Waals surface area (Å²) in [4.78, 5) is 21.5. The van der Waals surface area contributed by atoms with Crippen molar-refractivity contribution in [3.8, 4) is 5.75 Å². The average Bonchev–Trinajstić information content (AvgIpc) is 2.50. The van der Waals surface area contributed by atoms with E-state index in [0.717, 1.165) is 10.0 Å². The second-order valence-electron chi connectivity index (χ2n) is 4.29. The van der Waals surface area contributed by atoms with Gasteiger partial charge in [0.05, 0.1) is 11.5 Å². The molecule has 0 aliphatic rings. The molecule has 114 valence electrons. The van der Waals surface area contributed by atoms with E-state index < -0.39 is 11.1 Å². The van der Waals surface area contributed by atoms with Crippen LogP contribution >= 0.6 is 15.9 Å². The average molecular weight is 366 g/mol. The lowest BCUT2D eigenvalue weighted by molar-refractivity contribution is -0.384. The number of nitrogens with zero attached hydrogens (tertiary/aromatic N) is 1. The highest BCUT2D eigenvalue weighted by molar-refractivity contribution is 9.10. The molecule has 22 heavy (non-hydrogen) atoms. The van der Waals surface area contributed by atoms with Crippen molar-refractivity contribution in [1.29, 1.82) is 0 Å². The van der Waals surface area contributed by atoms with Gasteiger partial charge in [-0.1, -0.05) is 34.1 Å². The zero-order valence-electron chi connectivity index (χ0n) is 11.4. The number of nitro groups is 1. The third-order valence-corrected chi connectivity index (χ3v) is 3.57. The van der Waals surface area contributed by atoms with Crippen molar-refractivity contribution >= 4 is 27.8 Å². The Morgan fingerprint density at radius 3 is 2.45 bits per heavy atom. The van der Waals surface area contributed by atoms with Crippen molar-refractivity contribution in [3.05, 3.63) is 68.7 Å². The summed E-state index contributed by atoms with van der Waals surface area (Å²) in [5, 5.41) is 10.5. The maximum Gasteiger partial charge on any atom is 0.513 e. The van der Waals surface area contributed by atoms with Gasteiger partial charge in [-0.05, 0) is 23.8 Å². The van der Waals surface area contributed by atoms with Gasteiger partial charge in [0.1, 0.15) is 5.75 Å². The van der Waals surface area contributed by atoms with Crippen LogP contribution in [0.15, 0.2) is 53.0 Å².